The van der Waals surface area contributed by atoms with Crippen molar-refractivity contribution in [1.29, 1.82) is 0 Å². The fourth-order valence-electron chi connectivity index (χ4n) is 1.69. The summed E-state index contributed by atoms with van der Waals surface area (Å²) in [6, 6.07) is 3.67. The lowest BCUT2D eigenvalue weighted by molar-refractivity contribution is 0.0690. The van der Waals surface area contributed by atoms with Crippen molar-refractivity contribution in [3.05, 3.63) is 29.7 Å². The molecule has 0 bridgehead atoms. The van der Waals surface area contributed by atoms with E-state index in [0.717, 1.165) is 0 Å². The number of halogens is 1. The van der Waals surface area contributed by atoms with Crippen LogP contribution in [0.2, 0.25) is 0 Å². The van der Waals surface area contributed by atoms with E-state index in [0.29, 0.717) is 11.3 Å². The number of carbonyl (C=O) groups is 1. The summed E-state index contributed by atoms with van der Waals surface area (Å²) in [5, 5.41) is 15.1. The fourth-order valence-corrected chi connectivity index (χ4v) is 1.69. The smallest absolute Gasteiger partial charge is 0.353 e. The van der Waals surface area contributed by atoms with Gasteiger partial charge in [-0.1, -0.05) is 0 Å². The molecule has 6 nitrogen and oxygen atoms in total. The number of methoxy groups -OCH3 is 2. The number of H-pyrrole nitrogens is 1. The predicted octanol–water partition coefficient (Wildman–Crippen LogP) is 1.93. The molecule has 0 aliphatic heterocycles. The van der Waals surface area contributed by atoms with Crippen molar-refractivity contribution in [1.82, 2.24) is 10.2 Å². The standard InChI is InChI=1S/C12H11FN2O4/c1-18-9-3-6(13)4-10(19-2)11(9)7-5-8(12(16)17)15-14-7/h3-5H,1-2H3,(H,14,15)(H,16,17). The lowest BCUT2D eigenvalue weighted by atomic mass is 10.1. The highest BCUT2D eigenvalue weighted by molar-refractivity contribution is 5.88. The molecule has 0 saturated heterocycles. The van der Waals surface area contributed by atoms with Crippen LogP contribution in [0.1, 0.15) is 10.5 Å². The van der Waals surface area contributed by atoms with Crippen LogP contribution in [0.15, 0.2) is 18.2 Å². The molecule has 100 valence electrons. The topological polar surface area (TPSA) is 84.4 Å². The van der Waals surface area contributed by atoms with Gasteiger partial charge in [0.1, 0.15) is 28.7 Å². The van der Waals surface area contributed by atoms with Gasteiger partial charge in [-0.15, -0.1) is 0 Å². The van der Waals surface area contributed by atoms with E-state index < -0.39 is 11.8 Å². The van der Waals surface area contributed by atoms with E-state index in [2.05, 4.69) is 10.2 Å². The summed E-state index contributed by atoms with van der Waals surface area (Å²) in [7, 11) is 2.75. The lowest BCUT2D eigenvalue weighted by Gasteiger charge is -2.11. The molecule has 0 unspecified atom stereocenters. The average molecular weight is 266 g/mol. The number of aromatic carboxylic acids is 1. The van der Waals surface area contributed by atoms with E-state index in [4.69, 9.17) is 14.6 Å². The first-order valence-electron chi connectivity index (χ1n) is 5.27. The van der Waals surface area contributed by atoms with Gasteiger partial charge in [0.15, 0.2) is 0 Å². The minimum Gasteiger partial charge on any atom is -0.496 e. The van der Waals surface area contributed by atoms with Crippen LogP contribution >= 0.6 is 0 Å². The lowest BCUT2D eigenvalue weighted by Crippen LogP contribution is -1.95. The van der Waals surface area contributed by atoms with Crippen molar-refractivity contribution in [3.63, 3.8) is 0 Å². The molecule has 2 rings (SSSR count). The first-order valence-corrected chi connectivity index (χ1v) is 5.27. The zero-order chi connectivity index (χ0) is 14.0. The van der Waals surface area contributed by atoms with Crippen LogP contribution in [0, 0.1) is 5.82 Å². The number of aromatic amines is 1. The number of benzene rings is 1. The number of nitrogens with zero attached hydrogens (tertiary/aromatic N) is 1. The van der Waals surface area contributed by atoms with E-state index in [1.165, 1.54) is 32.4 Å². The molecule has 0 fully saturated rings. The molecule has 0 aliphatic rings. The predicted molar refractivity (Wildman–Crippen MR) is 64.0 cm³/mol. The van der Waals surface area contributed by atoms with Gasteiger partial charge in [-0.2, -0.15) is 5.10 Å². The van der Waals surface area contributed by atoms with Crippen molar-refractivity contribution in [2.45, 2.75) is 0 Å². The normalized spacial score (nSPS) is 10.3. The average Bonchev–Trinajstić information content (AvgIpc) is 2.86. The molecule has 1 aromatic carbocycles. The number of hydrogen-bond donors (Lipinski definition) is 2. The number of nitrogens with one attached hydrogen (secondary N) is 1. The molecule has 7 heteroatoms. The van der Waals surface area contributed by atoms with Crippen molar-refractivity contribution in [2.75, 3.05) is 14.2 Å². The van der Waals surface area contributed by atoms with Crippen LogP contribution in [0.4, 0.5) is 4.39 Å². The van der Waals surface area contributed by atoms with Crippen LogP contribution in [0.3, 0.4) is 0 Å². The highest BCUT2D eigenvalue weighted by Gasteiger charge is 2.19. The SMILES string of the molecule is COc1cc(F)cc(OC)c1-c1cc(C(=O)O)[nH]n1. The fraction of sp³-hybridized carbons (Fsp3) is 0.167. The molecule has 2 aromatic rings. The van der Waals surface area contributed by atoms with Gasteiger partial charge in [0.25, 0.3) is 0 Å². The van der Waals surface area contributed by atoms with Crippen LogP contribution in [0.25, 0.3) is 11.3 Å². The highest BCUT2D eigenvalue weighted by atomic mass is 19.1. The molecule has 19 heavy (non-hydrogen) atoms. The molecule has 0 spiro atoms. The van der Waals surface area contributed by atoms with Crippen molar-refractivity contribution >= 4 is 5.97 Å². The van der Waals surface area contributed by atoms with Gasteiger partial charge < -0.3 is 14.6 Å². The summed E-state index contributed by atoms with van der Waals surface area (Å²) in [5.41, 5.74) is 0.602. The molecule has 0 amide bonds. The van der Waals surface area contributed by atoms with Crippen molar-refractivity contribution in [3.8, 4) is 22.8 Å². The Hall–Kier alpha value is -2.57. The minimum absolute atomic E-state index is 0.0802. The van der Waals surface area contributed by atoms with Crippen LogP contribution in [-0.2, 0) is 0 Å². The Balaban J connectivity index is 2.61. The summed E-state index contributed by atoms with van der Waals surface area (Å²) in [4.78, 5) is 10.8. The third kappa shape index (κ3) is 2.35. The largest absolute Gasteiger partial charge is 0.496 e. The Bertz CT molecular complexity index is 599. The maximum Gasteiger partial charge on any atom is 0.353 e. The van der Waals surface area contributed by atoms with Gasteiger partial charge in [-0.25, -0.2) is 9.18 Å². The van der Waals surface area contributed by atoms with Gasteiger partial charge in [0.2, 0.25) is 0 Å². The summed E-state index contributed by atoms with van der Waals surface area (Å²) in [6.45, 7) is 0. The van der Waals surface area contributed by atoms with Gasteiger partial charge in [0.05, 0.1) is 19.8 Å². The van der Waals surface area contributed by atoms with Gasteiger partial charge in [0, 0.05) is 12.1 Å². The third-order valence-corrected chi connectivity index (χ3v) is 2.53. The Labute approximate surface area is 107 Å². The van der Waals surface area contributed by atoms with Crippen LogP contribution in [-0.4, -0.2) is 35.5 Å². The summed E-state index contributed by atoms with van der Waals surface area (Å²) >= 11 is 0. The Morgan fingerprint density at radius 3 is 2.26 bits per heavy atom. The van der Waals surface area contributed by atoms with E-state index in [-0.39, 0.29) is 17.2 Å². The van der Waals surface area contributed by atoms with Crippen molar-refractivity contribution in [2.24, 2.45) is 0 Å². The van der Waals surface area contributed by atoms with E-state index in [1.54, 1.807) is 0 Å². The molecule has 1 heterocycles. The van der Waals surface area contributed by atoms with E-state index in [9.17, 15) is 9.18 Å². The summed E-state index contributed by atoms with van der Waals surface area (Å²) < 4.78 is 23.5. The van der Waals surface area contributed by atoms with E-state index >= 15 is 0 Å². The highest BCUT2D eigenvalue weighted by Crippen LogP contribution is 2.38. The zero-order valence-electron chi connectivity index (χ0n) is 10.2. The number of carboxylic acids is 1. The molecule has 2 N–H and O–H groups in total. The Kier molecular flexibility index (Phi) is 3.37. The maximum absolute atomic E-state index is 13.3. The number of hydrogen-bond acceptors (Lipinski definition) is 4. The Morgan fingerprint density at radius 1 is 1.26 bits per heavy atom. The number of aromatic nitrogens is 2. The monoisotopic (exact) mass is 266 g/mol. The molecule has 1 aromatic heterocycles. The molecule has 0 saturated carbocycles. The molecule has 0 radical (unpaired) electrons. The van der Waals surface area contributed by atoms with E-state index in [1.807, 2.05) is 0 Å². The van der Waals surface area contributed by atoms with Crippen LogP contribution < -0.4 is 9.47 Å². The summed E-state index contributed by atoms with van der Waals surface area (Å²) in [6.07, 6.45) is 0. The minimum atomic E-state index is -1.14. The number of rotatable bonds is 4. The van der Waals surface area contributed by atoms with Gasteiger partial charge in [-0.05, 0) is 6.07 Å². The van der Waals surface area contributed by atoms with Crippen LogP contribution in [0.5, 0.6) is 11.5 Å². The maximum atomic E-state index is 13.3. The molecule has 0 atom stereocenters. The Morgan fingerprint density at radius 2 is 1.84 bits per heavy atom. The van der Waals surface area contributed by atoms with Gasteiger partial charge >= 0.3 is 5.97 Å². The third-order valence-electron chi connectivity index (χ3n) is 2.53. The second kappa shape index (κ2) is 4.97. The number of carboxylic acid groups (broad SMARTS) is 1. The first kappa shape index (κ1) is 12.9. The quantitative estimate of drug-likeness (QED) is 0.883. The second-order valence-electron chi connectivity index (χ2n) is 3.66. The van der Waals surface area contributed by atoms with Gasteiger partial charge in [-0.3, -0.25) is 5.10 Å². The molecular formula is C12H11FN2O4. The molecular weight excluding hydrogens is 255 g/mol. The molecule has 0 aliphatic carbocycles. The number of ether oxygens (including phenoxy) is 2. The summed E-state index contributed by atoms with van der Waals surface area (Å²) in [5.74, 6) is -1.24. The van der Waals surface area contributed by atoms with Crippen molar-refractivity contribution < 1.29 is 23.8 Å². The zero-order valence-corrected chi connectivity index (χ0v) is 10.2. The first-order chi connectivity index (χ1) is 9.06. The second-order valence-corrected chi connectivity index (χ2v) is 3.66.